The molecule has 0 amide bonds. The normalized spacial score (nSPS) is 12.2. The number of hydrogen-bond donors (Lipinski definition) is 5. The zero-order chi connectivity index (χ0) is 15.2. The first-order valence-electron chi connectivity index (χ1n) is 6.21. The Morgan fingerprint density at radius 1 is 1.00 bits per heavy atom. The van der Waals surface area contributed by atoms with E-state index in [1.54, 1.807) is 0 Å². The number of carboxylic acid groups (broad SMARTS) is 2. The number of aliphatic hydroxyl groups is 1. The maximum atomic E-state index is 10.2. The maximum Gasteiger partial charge on any atom is 0.329 e. The van der Waals surface area contributed by atoms with Gasteiger partial charge in [-0.2, -0.15) is 0 Å². The van der Waals surface area contributed by atoms with Crippen LogP contribution in [0.15, 0.2) is 0 Å². The van der Waals surface area contributed by atoms with Gasteiger partial charge in [-0.1, -0.05) is 0 Å². The molecular weight excluding hydrogens is 272 g/mol. The first kappa shape index (κ1) is 18.7. The summed E-state index contributed by atoms with van der Waals surface area (Å²) in [5.74, 6) is -1.95. The summed E-state index contributed by atoms with van der Waals surface area (Å²) in [5, 5.41) is 31.8. The molecule has 0 saturated carbocycles. The van der Waals surface area contributed by atoms with E-state index in [1.807, 2.05) is 0 Å². The summed E-state index contributed by atoms with van der Waals surface area (Å²) in [4.78, 5) is 20.3. The standard InChI is InChI=1S/C11H22N2O7/c14-9(5-12-1-2-13-6-10(15)16)7-19-3-4-20-8-11(17)18/h9,12-14H,1-8H2,(H,15,16)(H,17,18). The van der Waals surface area contributed by atoms with Gasteiger partial charge in [-0.05, 0) is 0 Å². The third-order valence-corrected chi connectivity index (χ3v) is 2.04. The molecule has 20 heavy (non-hydrogen) atoms. The van der Waals surface area contributed by atoms with Gasteiger partial charge in [0.25, 0.3) is 0 Å². The largest absolute Gasteiger partial charge is 0.480 e. The van der Waals surface area contributed by atoms with Crippen LogP contribution in [-0.4, -0.2) is 86.0 Å². The topological polar surface area (TPSA) is 137 Å². The Morgan fingerprint density at radius 3 is 2.30 bits per heavy atom. The van der Waals surface area contributed by atoms with E-state index in [2.05, 4.69) is 10.6 Å². The fourth-order valence-electron chi connectivity index (χ4n) is 1.20. The monoisotopic (exact) mass is 294 g/mol. The van der Waals surface area contributed by atoms with Gasteiger partial charge in [0.05, 0.1) is 32.5 Å². The van der Waals surface area contributed by atoms with Gasteiger partial charge in [0.15, 0.2) is 0 Å². The van der Waals surface area contributed by atoms with Crippen LogP contribution in [0.3, 0.4) is 0 Å². The van der Waals surface area contributed by atoms with Crippen molar-refractivity contribution < 1.29 is 34.4 Å². The van der Waals surface area contributed by atoms with E-state index in [1.165, 1.54) is 0 Å². The highest BCUT2D eigenvalue weighted by molar-refractivity contribution is 5.69. The molecule has 0 aromatic carbocycles. The van der Waals surface area contributed by atoms with Gasteiger partial charge in [0.2, 0.25) is 0 Å². The minimum Gasteiger partial charge on any atom is -0.480 e. The molecule has 0 heterocycles. The molecule has 9 heteroatoms. The Hall–Kier alpha value is -1.26. The fourth-order valence-corrected chi connectivity index (χ4v) is 1.20. The van der Waals surface area contributed by atoms with Gasteiger partial charge in [-0.3, -0.25) is 4.79 Å². The third kappa shape index (κ3) is 14.8. The molecule has 0 aromatic rings. The van der Waals surface area contributed by atoms with Crippen molar-refractivity contribution in [2.75, 3.05) is 52.6 Å². The van der Waals surface area contributed by atoms with Gasteiger partial charge in [-0.25, -0.2) is 4.79 Å². The number of rotatable bonds is 14. The average Bonchev–Trinajstić information content (AvgIpc) is 2.37. The van der Waals surface area contributed by atoms with Gasteiger partial charge < -0.3 is 35.4 Å². The Kier molecular flexibility index (Phi) is 12.0. The van der Waals surface area contributed by atoms with Crippen LogP contribution < -0.4 is 10.6 Å². The summed E-state index contributed by atoms with van der Waals surface area (Å²) in [6, 6.07) is 0. The number of aliphatic carboxylic acids is 2. The molecule has 0 aliphatic heterocycles. The molecule has 0 spiro atoms. The highest BCUT2D eigenvalue weighted by Gasteiger charge is 2.04. The number of carboxylic acids is 2. The second kappa shape index (κ2) is 12.8. The SMILES string of the molecule is O=C(O)CNCCNCC(O)COCCOCC(=O)O. The molecule has 5 N–H and O–H groups in total. The first-order chi connectivity index (χ1) is 9.52. The average molecular weight is 294 g/mol. The van der Waals surface area contributed by atoms with Gasteiger partial charge >= 0.3 is 11.9 Å². The van der Waals surface area contributed by atoms with Gasteiger partial charge in [0, 0.05) is 19.6 Å². The molecule has 0 saturated heterocycles. The predicted octanol–water partition coefficient (Wildman–Crippen LogP) is -2.27. The summed E-state index contributed by atoms with van der Waals surface area (Å²) in [7, 11) is 0. The lowest BCUT2D eigenvalue weighted by atomic mass is 10.4. The molecule has 0 aliphatic carbocycles. The smallest absolute Gasteiger partial charge is 0.329 e. The number of nitrogens with one attached hydrogen (secondary N) is 2. The van der Waals surface area contributed by atoms with E-state index < -0.39 is 18.0 Å². The molecule has 1 atom stereocenters. The molecule has 0 aromatic heterocycles. The van der Waals surface area contributed by atoms with Crippen LogP contribution in [0.1, 0.15) is 0 Å². The van der Waals surface area contributed by atoms with Crippen LogP contribution in [0.4, 0.5) is 0 Å². The quantitative estimate of drug-likeness (QED) is 0.224. The van der Waals surface area contributed by atoms with E-state index in [-0.39, 0.29) is 33.0 Å². The summed E-state index contributed by atoms with van der Waals surface area (Å²) in [6.07, 6.45) is -0.686. The first-order valence-corrected chi connectivity index (χ1v) is 6.21. The van der Waals surface area contributed by atoms with Crippen LogP contribution >= 0.6 is 0 Å². The highest BCUT2D eigenvalue weighted by Crippen LogP contribution is 1.85. The second-order valence-corrected chi connectivity index (χ2v) is 3.95. The van der Waals surface area contributed by atoms with E-state index in [0.29, 0.717) is 19.6 Å². The molecule has 9 nitrogen and oxygen atoms in total. The number of carbonyl (C=O) groups is 2. The Labute approximate surface area is 116 Å². The lowest BCUT2D eigenvalue weighted by Gasteiger charge is -2.12. The van der Waals surface area contributed by atoms with Crippen molar-refractivity contribution in [3.8, 4) is 0 Å². The minimum absolute atomic E-state index is 0.0936. The summed E-state index contributed by atoms with van der Waals surface area (Å²) < 4.78 is 9.83. The molecule has 0 rings (SSSR count). The van der Waals surface area contributed by atoms with Crippen LogP contribution in [0.25, 0.3) is 0 Å². The fraction of sp³-hybridized carbons (Fsp3) is 0.818. The Bertz CT molecular complexity index is 249. The minimum atomic E-state index is -1.04. The molecule has 0 fully saturated rings. The Morgan fingerprint density at radius 2 is 1.65 bits per heavy atom. The van der Waals surface area contributed by atoms with Crippen molar-refractivity contribution >= 4 is 11.9 Å². The van der Waals surface area contributed by atoms with E-state index in [0.717, 1.165) is 0 Å². The third-order valence-electron chi connectivity index (χ3n) is 2.04. The molecule has 1 unspecified atom stereocenters. The van der Waals surface area contributed by atoms with E-state index >= 15 is 0 Å². The van der Waals surface area contributed by atoms with Gasteiger partial charge in [-0.15, -0.1) is 0 Å². The molecule has 0 radical (unpaired) electrons. The Balaban J connectivity index is 3.22. The van der Waals surface area contributed by atoms with Crippen molar-refractivity contribution in [3.05, 3.63) is 0 Å². The van der Waals surface area contributed by atoms with Crippen LogP contribution in [-0.2, 0) is 19.1 Å². The van der Waals surface area contributed by atoms with Crippen molar-refractivity contribution in [2.45, 2.75) is 6.10 Å². The molecule has 118 valence electrons. The number of ether oxygens (including phenoxy) is 2. The lowest BCUT2D eigenvalue weighted by molar-refractivity contribution is -0.143. The summed E-state index contributed by atoms with van der Waals surface area (Å²) in [6.45, 7) is 1.38. The zero-order valence-corrected chi connectivity index (χ0v) is 11.2. The summed E-state index contributed by atoms with van der Waals surface area (Å²) in [5.41, 5.74) is 0. The van der Waals surface area contributed by atoms with Crippen LogP contribution in [0.5, 0.6) is 0 Å². The predicted molar refractivity (Wildman–Crippen MR) is 68.7 cm³/mol. The van der Waals surface area contributed by atoms with Gasteiger partial charge in [0.1, 0.15) is 6.61 Å². The van der Waals surface area contributed by atoms with Crippen LogP contribution in [0, 0.1) is 0 Å². The maximum absolute atomic E-state index is 10.2. The van der Waals surface area contributed by atoms with Crippen molar-refractivity contribution in [3.63, 3.8) is 0 Å². The zero-order valence-electron chi connectivity index (χ0n) is 11.2. The number of aliphatic hydroxyl groups excluding tert-OH is 1. The highest BCUT2D eigenvalue weighted by atomic mass is 16.5. The van der Waals surface area contributed by atoms with E-state index in [4.69, 9.17) is 19.7 Å². The van der Waals surface area contributed by atoms with Crippen molar-refractivity contribution in [2.24, 2.45) is 0 Å². The lowest BCUT2D eigenvalue weighted by Crippen LogP contribution is -2.36. The second-order valence-electron chi connectivity index (χ2n) is 3.95. The van der Waals surface area contributed by atoms with Crippen LogP contribution in [0.2, 0.25) is 0 Å². The molecule has 0 aliphatic rings. The number of hydrogen-bond acceptors (Lipinski definition) is 7. The summed E-state index contributed by atoms with van der Waals surface area (Å²) >= 11 is 0. The molecular formula is C11H22N2O7. The van der Waals surface area contributed by atoms with Crippen molar-refractivity contribution in [1.29, 1.82) is 0 Å². The van der Waals surface area contributed by atoms with Crippen molar-refractivity contribution in [1.82, 2.24) is 10.6 Å². The van der Waals surface area contributed by atoms with E-state index in [9.17, 15) is 14.7 Å². The molecule has 0 bridgehead atoms.